The van der Waals surface area contributed by atoms with Crippen molar-refractivity contribution in [1.29, 1.82) is 0 Å². The molecule has 1 aliphatic rings. The number of ether oxygens (including phenoxy) is 2. The highest BCUT2D eigenvalue weighted by Crippen LogP contribution is 2.36. The lowest BCUT2D eigenvalue weighted by atomic mass is 10.1. The van der Waals surface area contributed by atoms with Crippen molar-refractivity contribution in [3.63, 3.8) is 0 Å². The molecule has 0 radical (unpaired) electrons. The molecule has 1 aromatic carbocycles. The van der Waals surface area contributed by atoms with Gasteiger partial charge in [0.15, 0.2) is 11.5 Å². The Morgan fingerprint density at radius 1 is 1.14 bits per heavy atom. The number of benzene rings is 1. The largest absolute Gasteiger partial charge is 0.486 e. The van der Waals surface area contributed by atoms with E-state index in [9.17, 15) is 0 Å². The molecule has 0 amide bonds. The maximum Gasteiger partial charge on any atom is 0.162 e. The van der Waals surface area contributed by atoms with Crippen molar-refractivity contribution in [3.05, 3.63) is 42.1 Å². The molecule has 4 nitrogen and oxygen atoms in total. The van der Waals surface area contributed by atoms with Gasteiger partial charge in [0, 0.05) is 17.1 Å². The van der Waals surface area contributed by atoms with Crippen LogP contribution in [0.15, 0.2) is 46.5 Å². The summed E-state index contributed by atoms with van der Waals surface area (Å²) >= 11 is 1.63. The summed E-state index contributed by atoms with van der Waals surface area (Å²) in [6, 6.07) is 10.5. The summed E-state index contributed by atoms with van der Waals surface area (Å²) in [6.07, 6.45) is 1.85. The van der Waals surface area contributed by atoms with Gasteiger partial charge in [0.25, 0.3) is 0 Å². The molecule has 1 unspecified atom stereocenters. The van der Waals surface area contributed by atoms with E-state index in [1.807, 2.05) is 37.5 Å². The number of nitrogens with one attached hydrogen (secondary N) is 1. The molecule has 3 rings (SSSR count). The lowest BCUT2D eigenvalue weighted by Crippen LogP contribution is -2.15. The lowest BCUT2D eigenvalue weighted by molar-refractivity contribution is 0.171. The molecule has 0 saturated heterocycles. The van der Waals surface area contributed by atoms with Crippen LogP contribution in [0.3, 0.4) is 0 Å². The van der Waals surface area contributed by atoms with E-state index in [2.05, 4.69) is 23.3 Å². The van der Waals surface area contributed by atoms with E-state index in [0.29, 0.717) is 19.3 Å². The van der Waals surface area contributed by atoms with Gasteiger partial charge in [-0.15, -0.1) is 0 Å². The summed E-state index contributed by atoms with van der Waals surface area (Å²) in [4.78, 5) is 5.52. The second-order valence-electron chi connectivity index (χ2n) is 4.85. The molecule has 1 aliphatic heterocycles. The number of nitrogens with zero attached hydrogens (tertiary/aromatic N) is 1. The quantitative estimate of drug-likeness (QED) is 0.939. The molecule has 2 heterocycles. The predicted molar refractivity (Wildman–Crippen MR) is 83.3 cm³/mol. The normalized spacial score (nSPS) is 14.8. The van der Waals surface area contributed by atoms with Crippen LogP contribution in [-0.4, -0.2) is 25.2 Å². The zero-order valence-corrected chi connectivity index (χ0v) is 12.9. The third-order valence-corrected chi connectivity index (χ3v) is 4.35. The molecule has 1 aromatic heterocycles. The van der Waals surface area contributed by atoms with E-state index in [1.165, 1.54) is 5.56 Å². The maximum absolute atomic E-state index is 5.61. The van der Waals surface area contributed by atoms with Crippen LogP contribution in [0.25, 0.3) is 0 Å². The zero-order valence-electron chi connectivity index (χ0n) is 12.1. The van der Waals surface area contributed by atoms with Crippen LogP contribution in [0.4, 0.5) is 0 Å². The average molecular weight is 302 g/mol. The average Bonchev–Trinajstić information content (AvgIpc) is 2.54. The van der Waals surface area contributed by atoms with E-state index in [-0.39, 0.29) is 0 Å². The first-order valence-corrected chi connectivity index (χ1v) is 7.78. The molecule has 110 valence electrons. The molecule has 1 atom stereocenters. The molecule has 0 aliphatic carbocycles. The van der Waals surface area contributed by atoms with E-state index in [1.54, 1.807) is 11.8 Å². The maximum atomic E-state index is 5.61. The molecule has 2 aromatic rings. The van der Waals surface area contributed by atoms with Crippen molar-refractivity contribution in [2.24, 2.45) is 0 Å². The first-order chi connectivity index (χ1) is 10.3. The fraction of sp³-hybridized carbons (Fsp3) is 0.312. The van der Waals surface area contributed by atoms with E-state index >= 15 is 0 Å². The minimum Gasteiger partial charge on any atom is -0.486 e. The van der Waals surface area contributed by atoms with Crippen LogP contribution in [-0.2, 0) is 0 Å². The first kappa shape index (κ1) is 14.2. The molecule has 21 heavy (non-hydrogen) atoms. The summed E-state index contributed by atoms with van der Waals surface area (Å²) in [5.41, 5.74) is 1.23. The van der Waals surface area contributed by atoms with E-state index < -0.39 is 0 Å². The number of rotatable bonds is 4. The standard InChI is InChI=1S/C16H18N2O2S/c1-11(17-2)12-5-6-18-16(9-12)21-13-3-4-14-15(10-13)20-8-7-19-14/h3-6,9-11,17H,7-8H2,1-2H3. The molecule has 1 N–H and O–H groups in total. The minimum atomic E-state index is 0.313. The Labute approximate surface area is 128 Å². The van der Waals surface area contributed by atoms with Gasteiger partial charge >= 0.3 is 0 Å². The second-order valence-corrected chi connectivity index (χ2v) is 5.94. The number of aromatic nitrogens is 1. The smallest absolute Gasteiger partial charge is 0.162 e. The second kappa shape index (κ2) is 6.37. The summed E-state index contributed by atoms with van der Waals surface area (Å²) in [7, 11) is 1.96. The lowest BCUT2D eigenvalue weighted by Gasteiger charge is -2.18. The van der Waals surface area contributed by atoms with Crippen LogP contribution in [0, 0.1) is 0 Å². The van der Waals surface area contributed by atoms with Gasteiger partial charge in [0.1, 0.15) is 18.2 Å². The number of fused-ring (bicyclic) bond motifs is 1. The minimum absolute atomic E-state index is 0.313. The highest BCUT2D eigenvalue weighted by atomic mass is 32.2. The van der Waals surface area contributed by atoms with Crippen molar-refractivity contribution in [1.82, 2.24) is 10.3 Å². The Morgan fingerprint density at radius 3 is 2.76 bits per heavy atom. The highest BCUT2D eigenvalue weighted by molar-refractivity contribution is 7.99. The molecule has 0 spiro atoms. The fourth-order valence-electron chi connectivity index (χ4n) is 2.12. The summed E-state index contributed by atoms with van der Waals surface area (Å²) in [5, 5.41) is 4.22. The molecule has 0 saturated carbocycles. The van der Waals surface area contributed by atoms with Gasteiger partial charge in [-0.3, -0.25) is 0 Å². The zero-order chi connectivity index (χ0) is 14.7. The van der Waals surface area contributed by atoms with Crippen molar-refractivity contribution >= 4 is 11.8 Å². The summed E-state index contributed by atoms with van der Waals surface area (Å²) in [6.45, 7) is 3.35. The van der Waals surface area contributed by atoms with Crippen LogP contribution >= 0.6 is 11.8 Å². The van der Waals surface area contributed by atoms with Gasteiger partial charge in [-0.1, -0.05) is 11.8 Å². The van der Waals surface area contributed by atoms with Crippen LogP contribution in [0.5, 0.6) is 11.5 Å². The van der Waals surface area contributed by atoms with Crippen molar-refractivity contribution in [3.8, 4) is 11.5 Å². The Kier molecular flexibility index (Phi) is 4.31. The summed E-state index contributed by atoms with van der Waals surface area (Å²) < 4.78 is 11.1. The molecular weight excluding hydrogens is 284 g/mol. The Morgan fingerprint density at radius 2 is 1.95 bits per heavy atom. The van der Waals surface area contributed by atoms with Crippen LogP contribution < -0.4 is 14.8 Å². The fourth-order valence-corrected chi connectivity index (χ4v) is 2.98. The first-order valence-electron chi connectivity index (χ1n) is 6.97. The van der Waals surface area contributed by atoms with Gasteiger partial charge in [-0.2, -0.15) is 0 Å². The third kappa shape index (κ3) is 3.31. The van der Waals surface area contributed by atoms with Gasteiger partial charge in [-0.05, 0) is 49.9 Å². The van der Waals surface area contributed by atoms with Gasteiger partial charge in [0.2, 0.25) is 0 Å². The molecule has 0 bridgehead atoms. The molecule has 5 heteroatoms. The SMILES string of the molecule is CNC(C)c1ccnc(Sc2ccc3c(c2)OCCO3)c1. The number of hydrogen-bond acceptors (Lipinski definition) is 5. The van der Waals surface area contributed by atoms with E-state index in [0.717, 1.165) is 21.4 Å². The predicted octanol–water partition coefficient (Wildman–Crippen LogP) is 3.28. The monoisotopic (exact) mass is 302 g/mol. The molecular formula is C16H18N2O2S. The Balaban J connectivity index is 1.80. The van der Waals surface area contributed by atoms with Crippen molar-refractivity contribution < 1.29 is 9.47 Å². The summed E-state index contributed by atoms with van der Waals surface area (Å²) in [5.74, 6) is 1.63. The number of hydrogen-bond donors (Lipinski definition) is 1. The topological polar surface area (TPSA) is 43.4 Å². The molecule has 0 fully saturated rings. The third-order valence-electron chi connectivity index (χ3n) is 3.43. The van der Waals surface area contributed by atoms with E-state index in [4.69, 9.17) is 9.47 Å². The highest BCUT2D eigenvalue weighted by Gasteiger charge is 2.12. The van der Waals surface area contributed by atoms with Crippen molar-refractivity contribution in [2.75, 3.05) is 20.3 Å². The van der Waals surface area contributed by atoms with Crippen molar-refractivity contribution in [2.45, 2.75) is 22.9 Å². The Bertz CT molecular complexity index is 633. The van der Waals surface area contributed by atoms with Gasteiger partial charge in [-0.25, -0.2) is 4.98 Å². The van der Waals surface area contributed by atoms with Gasteiger partial charge in [0.05, 0.1) is 0 Å². The Hall–Kier alpha value is -1.72. The van der Waals surface area contributed by atoms with Crippen LogP contribution in [0.2, 0.25) is 0 Å². The number of pyridine rings is 1. The van der Waals surface area contributed by atoms with Gasteiger partial charge < -0.3 is 14.8 Å². The van der Waals surface area contributed by atoms with Crippen LogP contribution in [0.1, 0.15) is 18.5 Å².